The molecule has 0 saturated carbocycles. The molecule has 20 heavy (non-hydrogen) atoms. The lowest BCUT2D eigenvalue weighted by molar-refractivity contribution is 0.625. The number of halogens is 1. The summed E-state index contributed by atoms with van der Waals surface area (Å²) in [6.07, 6.45) is 2.20. The van der Waals surface area contributed by atoms with Gasteiger partial charge in [-0.25, -0.2) is 9.37 Å². The molecule has 0 aliphatic heterocycles. The van der Waals surface area contributed by atoms with Crippen LogP contribution >= 0.6 is 0 Å². The molecule has 0 radical (unpaired) electrons. The lowest BCUT2D eigenvalue weighted by Gasteiger charge is -2.08. The van der Waals surface area contributed by atoms with Crippen molar-refractivity contribution in [1.29, 1.82) is 0 Å². The molecule has 0 saturated heterocycles. The minimum atomic E-state index is -0.207. The van der Waals surface area contributed by atoms with Crippen LogP contribution in [0.4, 0.5) is 10.2 Å². The molecule has 6 heteroatoms. The van der Waals surface area contributed by atoms with Gasteiger partial charge in [-0.15, -0.1) is 0 Å². The Balaban J connectivity index is 1.72. The SMILES string of the molecule is Cc1cc(NCCc2cccc(F)c2)n2ncnc2n1. The van der Waals surface area contributed by atoms with Crippen molar-refractivity contribution in [2.75, 3.05) is 11.9 Å². The predicted octanol–water partition coefficient (Wildman–Crippen LogP) is 2.23. The van der Waals surface area contributed by atoms with Crippen LogP contribution in [0.1, 0.15) is 11.3 Å². The summed E-state index contributed by atoms with van der Waals surface area (Å²) < 4.78 is 14.7. The molecule has 0 unspecified atom stereocenters. The topological polar surface area (TPSA) is 55.1 Å². The highest BCUT2D eigenvalue weighted by Gasteiger charge is 2.05. The number of hydrogen-bond acceptors (Lipinski definition) is 4. The molecule has 0 aliphatic rings. The van der Waals surface area contributed by atoms with E-state index in [4.69, 9.17) is 0 Å². The van der Waals surface area contributed by atoms with E-state index < -0.39 is 0 Å². The molecule has 0 aliphatic carbocycles. The van der Waals surface area contributed by atoms with Crippen LogP contribution in [-0.4, -0.2) is 26.1 Å². The maximum absolute atomic E-state index is 13.1. The Morgan fingerprint density at radius 3 is 3.05 bits per heavy atom. The molecule has 0 fully saturated rings. The molecular formula is C14H14FN5. The fourth-order valence-corrected chi connectivity index (χ4v) is 2.08. The van der Waals surface area contributed by atoms with E-state index in [2.05, 4.69) is 20.4 Å². The third-order valence-electron chi connectivity index (χ3n) is 2.99. The molecule has 0 spiro atoms. The van der Waals surface area contributed by atoms with Crippen LogP contribution in [0.15, 0.2) is 36.7 Å². The minimum absolute atomic E-state index is 0.207. The molecular weight excluding hydrogens is 257 g/mol. The van der Waals surface area contributed by atoms with Crippen LogP contribution < -0.4 is 5.32 Å². The number of rotatable bonds is 4. The molecule has 2 aromatic heterocycles. The van der Waals surface area contributed by atoms with Crippen LogP contribution in [0.3, 0.4) is 0 Å². The van der Waals surface area contributed by atoms with Gasteiger partial charge in [0.1, 0.15) is 18.0 Å². The maximum Gasteiger partial charge on any atom is 0.254 e. The Hall–Kier alpha value is -2.50. The average molecular weight is 271 g/mol. The van der Waals surface area contributed by atoms with Gasteiger partial charge in [-0.05, 0) is 31.0 Å². The highest BCUT2D eigenvalue weighted by molar-refractivity contribution is 5.44. The van der Waals surface area contributed by atoms with Crippen LogP contribution in [0.2, 0.25) is 0 Å². The van der Waals surface area contributed by atoms with Gasteiger partial charge in [-0.2, -0.15) is 14.6 Å². The quantitative estimate of drug-likeness (QED) is 0.790. The van der Waals surface area contributed by atoms with Gasteiger partial charge in [0, 0.05) is 18.3 Å². The van der Waals surface area contributed by atoms with Gasteiger partial charge in [-0.3, -0.25) is 0 Å². The lowest BCUT2D eigenvalue weighted by atomic mass is 10.1. The van der Waals surface area contributed by atoms with Gasteiger partial charge in [0.15, 0.2) is 0 Å². The summed E-state index contributed by atoms with van der Waals surface area (Å²) in [5, 5.41) is 7.40. The van der Waals surface area contributed by atoms with E-state index in [1.807, 2.05) is 19.1 Å². The van der Waals surface area contributed by atoms with Crippen molar-refractivity contribution in [3.63, 3.8) is 0 Å². The first-order valence-electron chi connectivity index (χ1n) is 6.38. The predicted molar refractivity (Wildman–Crippen MR) is 74.1 cm³/mol. The highest BCUT2D eigenvalue weighted by Crippen LogP contribution is 2.10. The largest absolute Gasteiger partial charge is 0.370 e. The number of fused-ring (bicyclic) bond motifs is 1. The van der Waals surface area contributed by atoms with Gasteiger partial charge in [0.05, 0.1) is 0 Å². The highest BCUT2D eigenvalue weighted by atomic mass is 19.1. The first-order valence-corrected chi connectivity index (χ1v) is 6.38. The lowest BCUT2D eigenvalue weighted by Crippen LogP contribution is -2.10. The number of hydrogen-bond donors (Lipinski definition) is 1. The molecule has 3 rings (SSSR count). The van der Waals surface area contributed by atoms with Crippen LogP contribution in [0.5, 0.6) is 0 Å². The van der Waals surface area contributed by atoms with Gasteiger partial charge in [0.2, 0.25) is 0 Å². The molecule has 0 bridgehead atoms. The maximum atomic E-state index is 13.1. The van der Waals surface area contributed by atoms with E-state index in [0.717, 1.165) is 23.5 Å². The van der Waals surface area contributed by atoms with Gasteiger partial charge in [-0.1, -0.05) is 12.1 Å². The van der Waals surface area contributed by atoms with Gasteiger partial charge >= 0.3 is 0 Å². The summed E-state index contributed by atoms with van der Waals surface area (Å²) in [4.78, 5) is 8.34. The molecule has 102 valence electrons. The number of aryl methyl sites for hydroxylation is 1. The summed E-state index contributed by atoms with van der Waals surface area (Å²) in [7, 11) is 0. The second kappa shape index (κ2) is 5.24. The first kappa shape index (κ1) is 12.5. The zero-order valence-corrected chi connectivity index (χ0v) is 11.0. The number of benzene rings is 1. The number of aromatic nitrogens is 4. The normalized spacial score (nSPS) is 10.9. The van der Waals surface area contributed by atoms with E-state index in [0.29, 0.717) is 12.3 Å². The van der Waals surface area contributed by atoms with Crippen LogP contribution in [0, 0.1) is 12.7 Å². The van der Waals surface area contributed by atoms with E-state index >= 15 is 0 Å². The number of nitrogens with one attached hydrogen (secondary N) is 1. The fourth-order valence-electron chi connectivity index (χ4n) is 2.08. The van der Waals surface area contributed by atoms with E-state index in [1.54, 1.807) is 16.6 Å². The molecule has 3 aromatic rings. The summed E-state index contributed by atoms with van der Waals surface area (Å²) in [5.41, 5.74) is 1.83. The molecule has 1 aromatic carbocycles. The molecule has 2 heterocycles. The monoisotopic (exact) mass is 271 g/mol. The third kappa shape index (κ3) is 2.59. The second-order valence-electron chi connectivity index (χ2n) is 4.56. The Kier molecular flexibility index (Phi) is 3.28. The van der Waals surface area contributed by atoms with Crippen molar-refractivity contribution in [1.82, 2.24) is 19.6 Å². The average Bonchev–Trinajstić information content (AvgIpc) is 2.87. The van der Waals surface area contributed by atoms with Gasteiger partial charge in [0.25, 0.3) is 5.78 Å². The molecule has 0 atom stereocenters. The zero-order valence-electron chi connectivity index (χ0n) is 11.0. The first-order chi connectivity index (χ1) is 9.72. The van der Waals surface area contributed by atoms with Crippen LogP contribution in [-0.2, 0) is 6.42 Å². The summed E-state index contributed by atoms with van der Waals surface area (Å²) in [5.74, 6) is 1.19. The zero-order chi connectivity index (χ0) is 13.9. The van der Waals surface area contributed by atoms with E-state index in [9.17, 15) is 4.39 Å². The third-order valence-corrected chi connectivity index (χ3v) is 2.99. The second-order valence-corrected chi connectivity index (χ2v) is 4.56. The molecule has 5 nitrogen and oxygen atoms in total. The van der Waals surface area contributed by atoms with Crippen molar-refractivity contribution >= 4 is 11.6 Å². The van der Waals surface area contributed by atoms with Gasteiger partial charge < -0.3 is 5.32 Å². The van der Waals surface area contributed by atoms with Crippen LogP contribution in [0.25, 0.3) is 5.78 Å². The summed E-state index contributed by atoms with van der Waals surface area (Å²) >= 11 is 0. The van der Waals surface area contributed by atoms with E-state index in [1.165, 1.54) is 12.4 Å². The van der Waals surface area contributed by atoms with Crippen molar-refractivity contribution in [3.05, 3.63) is 53.7 Å². The van der Waals surface area contributed by atoms with Crippen molar-refractivity contribution in [3.8, 4) is 0 Å². The molecule has 0 amide bonds. The fraction of sp³-hybridized carbons (Fsp3) is 0.214. The number of nitrogens with zero attached hydrogens (tertiary/aromatic N) is 4. The van der Waals surface area contributed by atoms with Crippen molar-refractivity contribution < 1.29 is 4.39 Å². The molecule has 1 N–H and O–H groups in total. The standard InChI is InChI=1S/C14H14FN5/c1-10-7-13(20-14(19-10)17-9-18-20)16-6-5-11-3-2-4-12(15)8-11/h2-4,7-9,16H,5-6H2,1H3. The number of anilines is 1. The Morgan fingerprint density at radius 1 is 1.30 bits per heavy atom. The Morgan fingerprint density at radius 2 is 2.20 bits per heavy atom. The summed E-state index contributed by atoms with van der Waals surface area (Å²) in [6, 6.07) is 8.53. The summed E-state index contributed by atoms with van der Waals surface area (Å²) in [6.45, 7) is 2.59. The Bertz CT molecular complexity index is 737. The van der Waals surface area contributed by atoms with E-state index in [-0.39, 0.29) is 5.82 Å². The van der Waals surface area contributed by atoms with Crippen molar-refractivity contribution in [2.45, 2.75) is 13.3 Å². The Labute approximate surface area is 115 Å². The minimum Gasteiger partial charge on any atom is -0.370 e. The smallest absolute Gasteiger partial charge is 0.254 e. The van der Waals surface area contributed by atoms with Crippen molar-refractivity contribution in [2.24, 2.45) is 0 Å².